The minimum Gasteiger partial charge on any atom is -0.319 e. The summed E-state index contributed by atoms with van der Waals surface area (Å²) in [7, 11) is 1.81. The topological polar surface area (TPSA) is 56.0 Å². The van der Waals surface area contributed by atoms with Crippen LogP contribution in [-0.2, 0) is 11.8 Å². The van der Waals surface area contributed by atoms with Crippen molar-refractivity contribution in [1.29, 1.82) is 0 Å². The monoisotopic (exact) mass is 417 g/mol. The van der Waals surface area contributed by atoms with Gasteiger partial charge in [0.15, 0.2) is 0 Å². The molecule has 30 heavy (non-hydrogen) atoms. The molecule has 152 valence electrons. The van der Waals surface area contributed by atoms with Gasteiger partial charge in [-0.1, -0.05) is 48.5 Å². The summed E-state index contributed by atoms with van der Waals surface area (Å²) in [5.41, 5.74) is 1.54. The van der Waals surface area contributed by atoms with E-state index < -0.39 is 0 Å². The van der Waals surface area contributed by atoms with E-state index in [9.17, 15) is 9.59 Å². The molecule has 0 unspecified atom stereocenters. The molecule has 0 spiro atoms. The summed E-state index contributed by atoms with van der Waals surface area (Å²) in [5, 5.41) is 4.81. The molecule has 4 aromatic rings. The Morgan fingerprint density at radius 2 is 1.63 bits per heavy atom. The van der Waals surface area contributed by atoms with Gasteiger partial charge in [0, 0.05) is 11.9 Å². The fourth-order valence-electron chi connectivity index (χ4n) is 3.44. The van der Waals surface area contributed by atoms with Crippen LogP contribution in [0.4, 0.5) is 5.69 Å². The fourth-order valence-corrected chi connectivity index (χ4v) is 4.35. The van der Waals surface area contributed by atoms with Gasteiger partial charge in [0.1, 0.15) is 5.69 Å². The lowest BCUT2D eigenvalue weighted by atomic mass is 10.1. The molecule has 0 radical (unpaired) electrons. The van der Waals surface area contributed by atoms with Crippen LogP contribution in [0.2, 0.25) is 0 Å². The first-order valence-corrected chi connectivity index (χ1v) is 10.6. The molecule has 1 N–H and O–H groups in total. The lowest BCUT2D eigenvalue weighted by Gasteiger charge is -2.12. The van der Waals surface area contributed by atoms with Crippen LogP contribution in [0.3, 0.4) is 0 Å². The van der Waals surface area contributed by atoms with E-state index >= 15 is 0 Å². The van der Waals surface area contributed by atoms with Gasteiger partial charge in [0.25, 0.3) is 5.56 Å². The highest BCUT2D eigenvalue weighted by molar-refractivity contribution is 8.00. The maximum absolute atomic E-state index is 13.0. The Labute approximate surface area is 179 Å². The maximum atomic E-state index is 13.0. The van der Waals surface area contributed by atoms with Gasteiger partial charge in [-0.25, -0.2) is 4.68 Å². The summed E-state index contributed by atoms with van der Waals surface area (Å²) in [4.78, 5) is 26.9. The van der Waals surface area contributed by atoms with Crippen molar-refractivity contribution < 1.29 is 4.79 Å². The van der Waals surface area contributed by atoms with Crippen molar-refractivity contribution in [1.82, 2.24) is 9.36 Å². The number of aromatic nitrogens is 2. The number of hydrogen-bond donors (Lipinski definition) is 1. The van der Waals surface area contributed by atoms with Crippen LogP contribution in [-0.4, -0.2) is 20.5 Å². The number of carbonyl (C=O) groups is 1. The average molecular weight is 418 g/mol. The largest absolute Gasteiger partial charge is 0.319 e. The number of para-hydroxylation sites is 1. The summed E-state index contributed by atoms with van der Waals surface area (Å²) in [6.07, 6.45) is 0. The van der Waals surface area contributed by atoms with Crippen molar-refractivity contribution in [2.75, 3.05) is 5.32 Å². The Balaban J connectivity index is 1.55. The Bertz CT molecular complexity index is 1270. The van der Waals surface area contributed by atoms with Crippen molar-refractivity contribution in [3.05, 3.63) is 88.8 Å². The third-order valence-corrected chi connectivity index (χ3v) is 6.30. The normalized spacial score (nSPS) is 12.1. The number of benzene rings is 3. The van der Waals surface area contributed by atoms with E-state index in [1.54, 1.807) is 9.36 Å². The fraction of sp³-hybridized carbons (Fsp3) is 0.167. The number of rotatable bonds is 5. The number of nitrogens with one attached hydrogen (secondary N) is 1. The molecular weight excluding hydrogens is 394 g/mol. The average Bonchev–Trinajstić information content (AvgIpc) is 2.97. The second kappa shape index (κ2) is 8.24. The van der Waals surface area contributed by atoms with Crippen LogP contribution >= 0.6 is 11.8 Å². The second-order valence-corrected chi connectivity index (χ2v) is 8.61. The number of nitrogens with zero attached hydrogens (tertiary/aromatic N) is 2. The number of anilines is 1. The highest BCUT2D eigenvalue weighted by Crippen LogP contribution is 2.27. The maximum Gasteiger partial charge on any atom is 0.295 e. The Morgan fingerprint density at radius 1 is 0.967 bits per heavy atom. The van der Waals surface area contributed by atoms with Crippen LogP contribution in [0.1, 0.15) is 12.6 Å². The zero-order chi connectivity index (χ0) is 21.3. The number of fused-ring (bicyclic) bond motifs is 1. The van der Waals surface area contributed by atoms with Crippen molar-refractivity contribution in [2.45, 2.75) is 24.0 Å². The van der Waals surface area contributed by atoms with Gasteiger partial charge >= 0.3 is 0 Å². The zero-order valence-corrected chi connectivity index (χ0v) is 17.9. The van der Waals surface area contributed by atoms with Crippen molar-refractivity contribution in [2.24, 2.45) is 7.05 Å². The van der Waals surface area contributed by atoms with Crippen LogP contribution < -0.4 is 10.9 Å². The van der Waals surface area contributed by atoms with Crippen LogP contribution in [0, 0.1) is 6.92 Å². The minimum absolute atomic E-state index is 0.195. The van der Waals surface area contributed by atoms with Gasteiger partial charge < -0.3 is 5.32 Å². The number of amides is 1. The van der Waals surface area contributed by atoms with E-state index in [0.717, 1.165) is 16.0 Å². The lowest BCUT2D eigenvalue weighted by Crippen LogP contribution is -2.27. The third kappa shape index (κ3) is 3.78. The SMILES string of the molecule is Cc1c(NC(=O)[C@H](C)Sc2ccc3ccccc3c2)c(=O)n(-c2ccccc2)n1C. The highest BCUT2D eigenvalue weighted by Gasteiger charge is 2.21. The molecule has 5 nitrogen and oxygen atoms in total. The molecule has 0 saturated heterocycles. The quantitative estimate of drug-likeness (QED) is 0.477. The molecule has 1 atom stereocenters. The molecule has 6 heteroatoms. The van der Waals surface area contributed by atoms with Crippen molar-refractivity contribution >= 4 is 34.1 Å². The van der Waals surface area contributed by atoms with Gasteiger partial charge in [0.2, 0.25) is 5.91 Å². The summed E-state index contributed by atoms with van der Waals surface area (Å²) in [6, 6.07) is 23.7. The summed E-state index contributed by atoms with van der Waals surface area (Å²) in [5.74, 6) is -0.195. The molecule has 0 saturated carbocycles. The Morgan fingerprint density at radius 3 is 2.37 bits per heavy atom. The summed E-state index contributed by atoms with van der Waals surface area (Å²) >= 11 is 1.48. The van der Waals surface area contributed by atoms with Crippen molar-refractivity contribution in [3.63, 3.8) is 0 Å². The predicted octanol–water partition coefficient (Wildman–Crippen LogP) is 4.76. The van der Waals surface area contributed by atoms with Crippen LogP contribution in [0.25, 0.3) is 16.5 Å². The van der Waals surface area contributed by atoms with E-state index in [-0.39, 0.29) is 16.7 Å². The van der Waals surface area contributed by atoms with Gasteiger partial charge in [-0.3, -0.25) is 14.3 Å². The zero-order valence-electron chi connectivity index (χ0n) is 17.1. The molecule has 0 bridgehead atoms. The summed E-state index contributed by atoms with van der Waals surface area (Å²) in [6.45, 7) is 3.68. The second-order valence-electron chi connectivity index (χ2n) is 7.19. The number of hydrogen-bond acceptors (Lipinski definition) is 3. The Hall–Kier alpha value is -3.25. The first-order valence-electron chi connectivity index (χ1n) is 9.76. The molecule has 3 aromatic carbocycles. The molecule has 4 rings (SSSR count). The smallest absolute Gasteiger partial charge is 0.295 e. The molecule has 0 aliphatic rings. The van der Waals surface area contributed by atoms with E-state index in [1.807, 2.05) is 69.4 Å². The molecule has 0 aliphatic carbocycles. The molecule has 1 aromatic heterocycles. The summed E-state index contributed by atoms with van der Waals surface area (Å²) < 4.78 is 3.32. The first kappa shape index (κ1) is 20.0. The predicted molar refractivity (Wildman–Crippen MR) is 124 cm³/mol. The standard InChI is InChI=1S/C24H23N3O2S/c1-16-22(24(29)27(26(16)3)20-11-5-4-6-12-20)25-23(28)17(2)30-21-14-13-18-9-7-8-10-19(18)15-21/h4-15,17H,1-3H3,(H,25,28)/t17-/m0/s1. The number of carbonyl (C=O) groups excluding carboxylic acids is 1. The first-order chi connectivity index (χ1) is 14.5. The van der Waals surface area contributed by atoms with Gasteiger partial charge in [-0.05, 0) is 48.9 Å². The molecule has 1 amide bonds. The molecule has 0 fully saturated rings. The molecule has 0 aliphatic heterocycles. The lowest BCUT2D eigenvalue weighted by molar-refractivity contribution is -0.115. The van der Waals surface area contributed by atoms with E-state index in [1.165, 1.54) is 17.1 Å². The van der Waals surface area contributed by atoms with Gasteiger partial charge in [0.05, 0.1) is 16.6 Å². The van der Waals surface area contributed by atoms with Crippen LogP contribution in [0.15, 0.2) is 82.5 Å². The number of thioether (sulfide) groups is 1. The van der Waals surface area contributed by atoms with Gasteiger partial charge in [-0.2, -0.15) is 0 Å². The third-order valence-electron chi connectivity index (χ3n) is 5.21. The molecular formula is C24H23N3O2S. The van der Waals surface area contributed by atoms with E-state index in [0.29, 0.717) is 11.4 Å². The van der Waals surface area contributed by atoms with Crippen molar-refractivity contribution in [3.8, 4) is 5.69 Å². The minimum atomic E-state index is -0.352. The van der Waals surface area contributed by atoms with Crippen LogP contribution in [0.5, 0.6) is 0 Å². The van der Waals surface area contributed by atoms with E-state index in [4.69, 9.17) is 0 Å². The Kier molecular flexibility index (Phi) is 5.50. The van der Waals surface area contributed by atoms with E-state index in [2.05, 4.69) is 29.6 Å². The highest BCUT2D eigenvalue weighted by atomic mass is 32.2. The van der Waals surface area contributed by atoms with Gasteiger partial charge in [-0.15, -0.1) is 11.8 Å². The molecule has 1 heterocycles.